The number of phosphoric ester groups is 1. The number of allylic oxidation sites excluding steroid dienone is 12. The van der Waals surface area contributed by atoms with E-state index in [0.717, 1.165) is 89.9 Å². The summed E-state index contributed by atoms with van der Waals surface area (Å²) in [7, 11) is -4.39. The molecule has 0 aromatic heterocycles. The molecule has 2 atom stereocenters. The lowest BCUT2D eigenvalue weighted by Gasteiger charge is -2.19. The van der Waals surface area contributed by atoms with Gasteiger partial charge in [0.05, 0.1) is 13.2 Å². The number of carbonyl (C=O) groups is 2. The fourth-order valence-corrected chi connectivity index (χ4v) is 5.83. The zero-order valence-corrected chi connectivity index (χ0v) is 34.1. The van der Waals surface area contributed by atoms with Gasteiger partial charge < -0.3 is 20.1 Å². The molecule has 0 bridgehead atoms. The van der Waals surface area contributed by atoms with Crippen LogP contribution in [0.4, 0.5) is 0 Å². The van der Waals surface area contributed by atoms with Gasteiger partial charge in [-0.25, -0.2) is 4.57 Å². The number of unbranched alkanes of at least 4 members (excludes halogenated alkanes) is 12. The Hall–Kier alpha value is -2.55. The summed E-state index contributed by atoms with van der Waals surface area (Å²) in [5, 5.41) is 0. The third-order valence-electron chi connectivity index (χ3n) is 8.08. The molecule has 9 nitrogen and oxygen atoms in total. The number of hydrogen-bond donors (Lipinski definition) is 2. The largest absolute Gasteiger partial charge is 0.472 e. The van der Waals surface area contributed by atoms with E-state index >= 15 is 0 Å². The van der Waals surface area contributed by atoms with Crippen LogP contribution in [0.3, 0.4) is 0 Å². The van der Waals surface area contributed by atoms with Crippen molar-refractivity contribution >= 4 is 19.8 Å². The Balaban J connectivity index is 4.28. The summed E-state index contributed by atoms with van der Waals surface area (Å²) in [6, 6.07) is 0. The van der Waals surface area contributed by atoms with E-state index in [1.54, 1.807) is 0 Å². The van der Waals surface area contributed by atoms with Crippen molar-refractivity contribution < 1.29 is 37.6 Å². The zero-order valence-electron chi connectivity index (χ0n) is 33.2. The van der Waals surface area contributed by atoms with E-state index in [1.807, 2.05) is 0 Å². The van der Waals surface area contributed by atoms with E-state index in [-0.39, 0.29) is 32.6 Å². The Morgan fingerprint density at radius 1 is 0.585 bits per heavy atom. The highest BCUT2D eigenvalue weighted by Gasteiger charge is 2.25. The first-order valence-corrected chi connectivity index (χ1v) is 21.9. The Morgan fingerprint density at radius 3 is 1.55 bits per heavy atom. The molecule has 0 saturated heterocycles. The molecule has 0 rings (SSSR count). The van der Waals surface area contributed by atoms with Gasteiger partial charge in [-0.05, 0) is 83.5 Å². The molecule has 3 N–H and O–H groups in total. The van der Waals surface area contributed by atoms with E-state index in [9.17, 15) is 19.0 Å². The van der Waals surface area contributed by atoms with Gasteiger partial charge in [-0.1, -0.05) is 132 Å². The normalized spacial score (nSPS) is 14.1. The topological polar surface area (TPSA) is 134 Å². The third-order valence-corrected chi connectivity index (χ3v) is 9.06. The fraction of sp³-hybridized carbons (Fsp3) is 0.674. The minimum absolute atomic E-state index is 0.0431. The number of rotatable bonds is 37. The van der Waals surface area contributed by atoms with Crippen LogP contribution in [0.2, 0.25) is 0 Å². The van der Waals surface area contributed by atoms with E-state index in [4.69, 9.17) is 24.3 Å². The number of phosphoric acid groups is 1. The molecule has 0 heterocycles. The first kappa shape index (κ1) is 50.5. The van der Waals surface area contributed by atoms with Crippen molar-refractivity contribution in [2.45, 2.75) is 161 Å². The summed E-state index contributed by atoms with van der Waals surface area (Å²) in [6.07, 6.45) is 46.4. The van der Waals surface area contributed by atoms with Crippen LogP contribution in [-0.2, 0) is 32.7 Å². The maximum atomic E-state index is 12.6. The molecule has 53 heavy (non-hydrogen) atoms. The van der Waals surface area contributed by atoms with Gasteiger partial charge in [-0.15, -0.1) is 0 Å². The average Bonchev–Trinajstić information content (AvgIpc) is 3.14. The Kier molecular flexibility index (Phi) is 37.3. The van der Waals surface area contributed by atoms with Gasteiger partial charge in [0.1, 0.15) is 6.61 Å². The third kappa shape index (κ3) is 39.0. The van der Waals surface area contributed by atoms with Gasteiger partial charge in [-0.3, -0.25) is 18.6 Å². The van der Waals surface area contributed by atoms with Gasteiger partial charge >= 0.3 is 19.8 Å². The minimum atomic E-state index is -4.39. The molecule has 0 spiro atoms. The maximum Gasteiger partial charge on any atom is 0.472 e. The molecule has 304 valence electrons. The number of nitrogens with two attached hydrogens (primary N) is 1. The predicted molar refractivity (Wildman–Crippen MR) is 219 cm³/mol. The zero-order chi connectivity index (χ0) is 38.9. The Labute approximate surface area is 322 Å². The molecule has 10 heteroatoms. The van der Waals surface area contributed by atoms with Crippen LogP contribution >= 0.6 is 7.82 Å². The van der Waals surface area contributed by atoms with Crippen LogP contribution in [0.5, 0.6) is 0 Å². The molecule has 0 aliphatic carbocycles. The summed E-state index contributed by atoms with van der Waals surface area (Å²) < 4.78 is 32.7. The monoisotopic (exact) mass is 764 g/mol. The van der Waals surface area contributed by atoms with E-state index in [0.29, 0.717) is 12.8 Å². The second kappa shape index (κ2) is 39.2. The first-order chi connectivity index (χ1) is 25.8. The van der Waals surface area contributed by atoms with Crippen molar-refractivity contribution in [3.8, 4) is 0 Å². The Bertz CT molecular complexity index is 1100. The lowest BCUT2D eigenvalue weighted by molar-refractivity contribution is -0.161. The Morgan fingerprint density at radius 2 is 1.04 bits per heavy atom. The molecular formula is C43H74NO8P. The number of hydrogen-bond acceptors (Lipinski definition) is 8. The molecule has 0 amide bonds. The average molecular weight is 764 g/mol. The summed E-state index contributed by atoms with van der Waals surface area (Å²) in [6.45, 7) is 3.52. The SMILES string of the molecule is CCC=CCC=CCC=CCCCCCCCC(=O)OC[C@H](COP(=O)(O)OCCN)OC(=O)CCCCCCC=CCC=CCC=CCCCCC. The van der Waals surface area contributed by atoms with Gasteiger partial charge in [0.2, 0.25) is 0 Å². The van der Waals surface area contributed by atoms with Gasteiger partial charge in [-0.2, -0.15) is 0 Å². The smallest absolute Gasteiger partial charge is 0.462 e. The molecule has 0 aromatic carbocycles. The van der Waals surface area contributed by atoms with Crippen molar-refractivity contribution in [3.63, 3.8) is 0 Å². The molecule has 1 unspecified atom stereocenters. The van der Waals surface area contributed by atoms with Gasteiger partial charge in [0.15, 0.2) is 6.10 Å². The second-order valence-electron chi connectivity index (χ2n) is 13.1. The summed E-state index contributed by atoms with van der Waals surface area (Å²) in [4.78, 5) is 34.8. The number of ether oxygens (including phenoxy) is 2. The molecule has 0 fully saturated rings. The van der Waals surface area contributed by atoms with Crippen molar-refractivity contribution in [2.75, 3.05) is 26.4 Å². The molecule has 0 saturated carbocycles. The van der Waals surface area contributed by atoms with Crippen LogP contribution in [0.1, 0.15) is 155 Å². The first-order valence-electron chi connectivity index (χ1n) is 20.4. The van der Waals surface area contributed by atoms with E-state index < -0.39 is 32.5 Å². The molecule has 0 aliphatic rings. The highest BCUT2D eigenvalue weighted by atomic mass is 31.2. The standard InChI is InChI=1S/C43H74NO8P/c1-3-5-7-9-11-13-15-17-19-20-22-24-26-28-30-32-34-36-43(46)52-41(40-51-53(47,48)50-38-37-44)39-49-42(45)35-33-31-29-27-25-23-21-18-16-14-12-10-8-6-4-2/h6,8,11-14,17-19,21-22,24,41H,3-5,7,9-10,15-16,20,23,25-40,44H2,1-2H3,(H,47,48)/t41-/m1/s1. The lowest BCUT2D eigenvalue weighted by Crippen LogP contribution is -2.29. The highest BCUT2D eigenvalue weighted by molar-refractivity contribution is 7.47. The molecule has 0 aliphatic heterocycles. The second-order valence-corrected chi connectivity index (χ2v) is 14.6. The van der Waals surface area contributed by atoms with Crippen molar-refractivity contribution in [1.29, 1.82) is 0 Å². The van der Waals surface area contributed by atoms with Crippen LogP contribution in [0, 0.1) is 0 Å². The van der Waals surface area contributed by atoms with Crippen molar-refractivity contribution in [2.24, 2.45) is 5.73 Å². The lowest BCUT2D eigenvalue weighted by atomic mass is 10.1. The van der Waals surface area contributed by atoms with Gasteiger partial charge in [0, 0.05) is 19.4 Å². The van der Waals surface area contributed by atoms with E-state index in [1.165, 1.54) is 25.7 Å². The van der Waals surface area contributed by atoms with Crippen LogP contribution in [0.15, 0.2) is 72.9 Å². The summed E-state index contributed by atoms with van der Waals surface area (Å²) >= 11 is 0. The number of carbonyl (C=O) groups excluding carboxylic acids is 2. The van der Waals surface area contributed by atoms with Crippen molar-refractivity contribution in [1.82, 2.24) is 0 Å². The van der Waals surface area contributed by atoms with Crippen LogP contribution in [0.25, 0.3) is 0 Å². The maximum absolute atomic E-state index is 12.6. The van der Waals surface area contributed by atoms with Crippen LogP contribution in [-0.4, -0.2) is 49.3 Å². The molecular weight excluding hydrogens is 689 g/mol. The quantitative estimate of drug-likeness (QED) is 0.0274. The van der Waals surface area contributed by atoms with Crippen LogP contribution < -0.4 is 5.73 Å². The fourth-order valence-electron chi connectivity index (χ4n) is 5.07. The predicted octanol–water partition coefficient (Wildman–Crippen LogP) is 11.5. The minimum Gasteiger partial charge on any atom is -0.462 e. The summed E-state index contributed by atoms with van der Waals surface area (Å²) in [5.41, 5.74) is 5.34. The van der Waals surface area contributed by atoms with Gasteiger partial charge in [0.25, 0.3) is 0 Å². The van der Waals surface area contributed by atoms with Crippen molar-refractivity contribution in [3.05, 3.63) is 72.9 Å². The summed E-state index contributed by atoms with van der Waals surface area (Å²) in [5.74, 6) is -0.881. The number of esters is 2. The molecule has 0 radical (unpaired) electrons. The molecule has 0 aromatic rings. The van der Waals surface area contributed by atoms with E-state index in [2.05, 4.69) is 86.8 Å². The highest BCUT2D eigenvalue weighted by Crippen LogP contribution is 2.43.